The van der Waals surface area contributed by atoms with Gasteiger partial charge in [-0.05, 0) is 54.6 Å². The highest BCUT2D eigenvalue weighted by molar-refractivity contribution is 9.10. The average Bonchev–Trinajstić information content (AvgIpc) is 3.35. The Morgan fingerprint density at radius 1 is 0.974 bits per heavy atom. The fourth-order valence-electron chi connectivity index (χ4n) is 4.12. The van der Waals surface area contributed by atoms with Crippen LogP contribution in [-0.4, -0.2) is 15.9 Å². The van der Waals surface area contributed by atoms with E-state index in [4.69, 9.17) is 14.1 Å². The third-order valence-corrected chi connectivity index (χ3v) is 6.52. The number of aromatic nitrogens is 2. The molecule has 0 bridgehead atoms. The van der Waals surface area contributed by atoms with E-state index in [1.807, 2.05) is 42.5 Å². The van der Waals surface area contributed by atoms with Gasteiger partial charge in [0.05, 0.1) is 17.1 Å². The number of furan rings is 1. The summed E-state index contributed by atoms with van der Waals surface area (Å²) in [6.07, 6.45) is 1.53. The molecule has 6 nitrogen and oxygen atoms in total. The van der Waals surface area contributed by atoms with Gasteiger partial charge in [0.2, 0.25) is 5.82 Å². The number of hydrogen-bond acceptors (Lipinski definition) is 5. The van der Waals surface area contributed by atoms with E-state index in [0.29, 0.717) is 39.1 Å². The normalized spacial score (nSPS) is 11.5. The topological polar surface area (TPSA) is 69.6 Å². The summed E-state index contributed by atoms with van der Waals surface area (Å²) in [5.74, 6) is 0.829. The molecule has 186 valence electrons. The van der Waals surface area contributed by atoms with Crippen molar-refractivity contribution in [2.75, 3.05) is 0 Å². The lowest BCUT2D eigenvalue weighted by Gasteiger charge is -2.10. The Labute approximate surface area is 224 Å². The molecule has 0 unspecified atom stereocenters. The predicted molar refractivity (Wildman–Crippen MR) is 149 cm³/mol. The van der Waals surface area contributed by atoms with E-state index < -0.39 is 0 Å². The Hall–Kier alpha value is -4.56. The van der Waals surface area contributed by atoms with Crippen molar-refractivity contribution in [3.63, 3.8) is 0 Å². The molecule has 0 fully saturated rings. The Morgan fingerprint density at radius 2 is 1.76 bits per heavy atom. The van der Waals surface area contributed by atoms with E-state index in [0.717, 1.165) is 9.86 Å². The van der Waals surface area contributed by atoms with Crippen LogP contribution >= 0.6 is 15.9 Å². The van der Waals surface area contributed by atoms with E-state index >= 15 is 0 Å². The molecule has 0 atom stereocenters. The van der Waals surface area contributed by atoms with Crippen LogP contribution in [0.4, 0.5) is 4.39 Å². The Bertz CT molecular complexity index is 1890. The Morgan fingerprint density at radius 3 is 2.66 bits per heavy atom. The standard InChI is InChI=1S/C30H19BrFN3O3/c31-22-13-14-27-21(15-22)16-28(38-27)29-34-25-11-5-3-9-23(25)30(36)35(29)33-17-19-7-2-6-12-26(19)37-18-20-8-1-4-10-24(20)32/h1-17H,18H2. The van der Waals surface area contributed by atoms with E-state index in [9.17, 15) is 9.18 Å². The molecule has 0 amide bonds. The number of halogens is 2. The van der Waals surface area contributed by atoms with Crippen LogP contribution in [0.25, 0.3) is 33.5 Å². The van der Waals surface area contributed by atoms with Gasteiger partial charge in [0, 0.05) is 21.0 Å². The van der Waals surface area contributed by atoms with Gasteiger partial charge in [-0.1, -0.05) is 58.4 Å². The summed E-state index contributed by atoms with van der Waals surface area (Å²) in [6.45, 7) is 0.0504. The van der Waals surface area contributed by atoms with Crippen molar-refractivity contribution < 1.29 is 13.5 Å². The number of benzene rings is 4. The lowest BCUT2D eigenvalue weighted by Crippen LogP contribution is -2.20. The van der Waals surface area contributed by atoms with Crippen molar-refractivity contribution in [3.8, 4) is 17.3 Å². The van der Waals surface area contributed by atoms with Crippen molar-refractivity contribution in [2.45, 2.75) is 6.61 Å². The minimum Gasteiger partial charge on any atom is -0.488 e. The van der Waals surface area contributed by atoms with Crippen LogP contribution in [0, 0.1) is 5.82 Å². The summed E-state index contributed by atoms with van der Waals surface area (Å²) in [4.78, 5) is 18.2. The summed E-state index contributed by atoms with van der Waals surface area (Å²) < 4.78 is 28.2. The molecule has 0 N–H and O–H groups in total. The highest BCUT2D eigenvalue weighted by Crippen LogP contribution is 2.29. The van der Waals surface area contributed by atoms with E-state index in [1.165, 1.54) is 17.0 Å². The second kappa shape index (κ2) is 10.1. The van der Waals surface area contributed by atoms with Crippen molar-refractivity contribution in [3.05, 3.63) is 129 Å². The summed E-state index contributed by atoms with van der Waals surface area (Å²) >= 11 is 3.48. The van der Waals surface area contributed by atoms with Crippen molar-refractivity contribution in [1.29, 1.82) is 0 Å². The molecule has 0 spiro atoms. The zero-order chi connectivity index (χ0) is 26.1. The molecule has 0 aliphatic rings. The molecule has 0 saturated heterocycles. The molecule has 6 rings (SSSR count). The van der Waals surface area contributed by atoms with Gasteiger partial charge < -0.3 is 9.15 Å². The van der Waals surface area contributed by atoms with Crippen LogP contribution in [0.2, 0.25) is 0 Å². The molecular weight excluding hydrogens is 549 g/mol. The first-order valence-corrected chi connectivity index (χ1v) is 12.6. The SMILES string of the molecule is O=c1c2ccccc2nc(-c2cc3cc(Br)ccc3o2)n1N=Cc1ccccc1OCc1ccccc1F. The smallest absolute Gasteiger partial charge is 0.282 e. The third kappa shape index (κ3) is 4.62. The largest absolute Gasteiger partial charge is 0.488 e. The van der Waals surface area contributed by atoms with Gasteiger partial charge in [-0.3, -0.25) is 4.79 Å². The summed E-state index contributed by atoms with van der Waals surface area (Å²) in [6, 6.07) is 28.2. The average molecular weight is 568 g/mol. The molecule has 2 aromatic heterocycles. The number of hydrogen-bond donors (Lipinski definition) is 0. The molecule has 0 radical (unpaired) electrons. The lowest BCUT2D eigenvalue weighted by molar-refractivity contribution is 0.299. The van der Waals surface area contributed by atoms with Crippen LogP contribution in [0.1, 0.15) is 11.1 Å². The van der Waals surface area contributed by atoms with Gasteiger partial charge in [0.15, 0.2) is 5.76 Å². The van der Waals surface area contributed by atoms with E-state index in [-0.39, 0.29) is 23.8 Å². The monoisotopic (exact) mass is 567 g/mol. The van der Waals surface area contributed by atoms with Gasteiger partial charge in [-0.2, -0.15) is 9.78 Å². The van der Waals surface area contributed by atoms with Crippen LogP contribution in [0.3, 0.4) is 0 Å². The zero-order valence-corrected chi connectivity index (χ0v) is 21.4. The minimum atomic E-state index is -0.340. The number of nitrogens with zero attached hydrogens (tertiary/aromatic N) is 3. The number of rotatable bonds is 6. The maximum atomic E-state index is 14.1. The molecule has 38 heavy (non-hydrogen) atoms. The highest BCUT2D eigenvalue weighted by Gasteiger charge is 2.17. The van der Waals surface area contributed by atoms with Gasteiger partial charge in [0.1, 0.15) is 23.8 Å². The predicted octanol–water partition coefficient (Wildman–Crippen LogP) is 7.17. The van der Waals surface area contributed by atoms with Crippen LogP contribution < -0.4 is 10.3 Å². The third-order valence-electron chi connectivity index (χ3n) is 6.02. The molecule has 8 heteroatoms. The fourth-order valence-corrected chi connectivity index (χ4v) is 4.50. The molecule has 2 heterocycles. The van der Waals surface area contributed by atoms with Gasteiger partial charge in [-0.25, -0.2) is 9.37 Å². The fraction of sp³-hybridized carbons (Fsp3) is 0.0333. The first-order valence-electron chi connectivity index (χ1n) is 11.8. The van der Waals surface area contributed by atoms with E-state index in [1.54, 1.807) is 48.5 Å². The molecule has 0 saturated carbocycles. The van der Waals surface area contributed by atoms with Gasteiger partial charge in [0.25, 0.3) is 5.56 Å². The molecule has 0 aliphatic carbocycles. The lowest BCUT2D eigenvalue weighted by atomic mass is 10.2. The summed E-state index contributed by atoms with van der Waals surface area (Å²) in [5, 5.41) is 5.80. The highest BCUT2D eigenvalue weighted by atomic mass is 79.9. The van der Waals surface area contributed by atoms with Crippen molar-refractivity contribution >= 4 is 44.0 Å². The first kappa shape index (κ1) is 23.8. The second-order valence-corrected chi connectivity index (χ2v) is 9.44. The second-order valence-electron chi connectivity index (χ2n) is 8.52. The van der Waals surface area contributed by atoms with Gasteiger partial charge in [-0.15, -0.1) is 0 Å². The summed E-state index contributed by atoms with van der Waals surface area (Å²) in [5.41, 5.74) is 1.91. The van der Waals surface area contributed by atoms with Crippen LogP contribution in [0.5, 0.6) is 5.75 Å². The van der Waals surface area contributed by atoms with Gasteiger partial charge >= 0.3 is 0 Å². The maximum Gasteiger partial charge on any atom is 0.282 e. The molecule has 6 aromatic rings. The molecule has 4 aromatic carbocycles. The number of fused-ring (bicyclic) bond motifs is 2. The molecular formula is C30H19BrFN3O3. The minimum absolute atomic E-state index is 0.0504. The van der Waals surface area contributed by atoms with Crippen LogP contribution in [0.15, 0.2) is 116 Å². The van der Waals surface area contributed by atoms with E-state index in [2.05, 4.69) is 21.0 Å². The quantitative estimate of drug-likeness (QED) is 0.200. The first-order chi connectivity index (χ1) is 18.6. The number of ether oxygens (including phenoxy) is 1. The maximum absolute atomic E-state index is 14.1. The Kier molecular flexibility index (Phi) is 6.31. The number of para-hydroxylation sites is 2. The Balaban J connectivity index is 1.43. The van der Waals surface area contributed by atoms with Crippen molar-refractivity contribution in [1.82, 2.24) is 9.66 Å². The zero-order valence-electron chi connectivity index (χ0n) is 19.8. The molecule has 0 aliphatic heterocycles. The summed E-state index contributed by atoms with van der Waals surface area (Å²) in [7, 11) is 0. The van der Waals surface area contributed by atoms with Crippen LogP contribution in [-0.2, 0) is 6.61 Å². The van der Waals surface area contributed by atoms with Crippen molar-refractivity contribution in [2.24, 2.45) is 5.10 Å².